The van der Waals surface area contributed by atoms with Gasteiger partial charge in [0.2, 0.25) is 5.91 Å². The maximum atomic E-state index is 13.0. The topological polar surface area (TPSA) is 42.4 Å². The minimum atomic E-state index is -0.338. The highest BCUT2D eigenvalue weighted by atomic mass is 35.5. The Kier molecular flexibility index (Phi) is 2.79. The predicted octanol–water partition coefficient (Wildman–Crippen LogP) is 2.16. The molecule has 1 saturated carbocycles. The van der Waals surface area contributed by atoms with E-state index in [0.717, 1.165) is 31.2 Å². The number of carbonyl (C=O) groups excluding carboxylic acids is 1. The van der Waals surface area contributed by atoms with Crippen molar-refractivity contribution < 1.29 is 9.53 Å². The van der Waals surface area contributed by atoms with Crippen LogP contribution in [0.1, 0.15) is 31.2 Å². The first-order valence-electron chi connectivity index (χ1n) is 7.23. The van der Waals surface area contributed by atoms with Crippen LogP contribution < -0.4 is 0 Å². The van der Waals surface area contributed by atoms with E-state index in [1.807, 2.05) is 6.07 Å². The van der Waals surface area contributed by atoms with Gasteiger partial charge in [0, 0.05) is 6.20 Å². The van der Waals surface area contributed by atoms with E-state index >= 15 is 0 Å². The lowest BCUT2D eigenvalue weighted by atomic mass is 9.95. The number of hydrogen-bond acceptors (Lipinski definition) is 3. The summed E-state index contributed by atoms with van der Waals surface area (Å²) in [6.07, 6.45) is 5.75. The third-order valence-electron chi connectivity index (χ3n) is 4.91. The van der Waals surface area contributed by atoms with Crippen molar-refractivity contribution in [2.45, 2.75) is 43.2 Å². The van der Waals surface area contributed by atoms with Gasteiger partial charge in [-0.1, -0.05) is 17.7 Å². The van der Waals surface area contributed by atoms with E-state index in [1.54, 1.807) is 12.3 Å². The molecule has 0 N–H and O–H groups in total. The molecule has 3 aliphatic rings. The van der Waals surface area contributed by atoms with Crippen molar-refractivity contribution in [1.82, 2.24) is 9.88 Å². The van der Waals surface area contributed by atoms with E-state index in [-0.39, 0.29) is 23.4 Å². The SMILES string of the molecule is O=C(N1C2CCC1COC2)C1(c2ccc(Cl)nc2)CC1. The summed E-state index contributed by atoms with van der Waals surface area (Å²) in [4.78, 5) is 19.3. The van der Waals surface area contributed by atoms with Gasteiger partial charge < -0.3 is 9.64 Å². The van der Waals surface area contributed by atoms with Crippen LogP contribution in [0, 0.1) is 0 Å². The van der Waals surface area contributed by atoms with Gasteiger partial charge in [-0.05, 0) is 37.3 Å². The molecule has 2 atom stereocenters. The van der Waals surface area contributed by atoms with Crippen LogP contribution in [0.4, 0.5) is 0 Å². The van der Waals surface area contributed by atoms with Crippen LogP contribution in [0.15, 0.2) is 18.3 Å². The molecule has 1 aromatic rings. The van der Waals surface area contributed by atoms with E-state index in [2.05, 4.69) is 9.88 Å². The Labute approximate surface area is 123 Å². The predicted molar refractivity (Wildman–Crippen MR) is 74.6 cm³/mol. The second-order valence-corrected chi connectivity index (χ2v) is 6.47. The van der Waals surface area contributed by atoms with E-state index in [1.165, 1.54) is 0 Å². The fourth-order valence-corrected chi connectivity index (χ4v) is 3.73. The highest BCUT2D eigenvalue weighted by Crippen LogP contribution is 2.51. The summed E-state index contributed by atoms with van der Waals surface area (Å²) in [5.41, 5.74) is 0.674. The fraction of sp³-hybridized carbons (Fsp3) is 0.600. The minimum Gasteiger partial charge on any atom is -0.377 e. The van der Waals surface area contributed by atoms with Crippen molar-refractivity contribution in [3.05, 3.63) is 29.0 Å². The van der Waals surface area contributed by atoms with Gasteiger partial charge in [0.1, 0.15) is 5.15 Å². The van der Waals surface area contributed by atoms with Gasteiger partial charge in [-0.2, -0.15) is 0 Å². The van der Waals surface area contributed by atoms with Crippen molar-refractivity contribution in [2.75, 3.05) is 13.2 Å². The van der Waals surface area contributed by atoms with Crippen LogP contribution in [-0.4, -0.2) is 41.1 Å². The molecule has 2 unspecified atom stereocenters. The number of pyridine rings is 1. The standard InChI is InChI=1S/C15H17ClN2O2/c16-13-4-1-10(7-17-13)15(5-6-15)14(19)18-11-2-3-12(18)9-20-8-11/h1,4,7,11-12H,2-3,5-6,8-9H2. The second-order valence-electron chi connectivity index (χ2n) is 6.09. The summed E-state index contributed by atoms with van der Waals surface area (Å²) in [6, 6.07) is 4.28. The Morgan fingerprint density at radius 1 is 1.30 bits per heavy atom. The number of amides is 1. The van der Waals surface area contributed by atoms with Crippen molar-refractivity contribution in [3.8, 4) is 0 Å². The van der Waals surface area contributed by atoms with Crippen LogP contribution >= 0.6 is 11.6 Å². The monoisotopic (exact) mass is 292 g/mol. The summed E-state index contributed by atoms with van der Waals surface area (Å²) in [5, 5.41) is 0.475. The zero-order valence-electron chi connectivity index (χ0n) is 11.2. The highest BCUT2D eigenvalue weighted by Gasteiger charge is 2.56. The molecule has 3 heterocycles. The molecule has 0 spiro atoms. The molecule has 4 rings (SSSR count). The van der Waals surface area contributed by atoms with Crippen LogP contribution in [-0.2, 0) is 14.9 Å². The van der Waals surface area contributed by atoms with Gasteiger partial charge in [-0.3, -0.25) is 4.79 Å². The lowest BCUT2D eigenvalue weighted by Gasteiger charge is -2.37. The van der Waals surface area contributed by atoms with Crippen LogP contribution in [0.3, 0.4) is 0 Å². The first kappa shape index (κ1) is 12.6. The Bertz CT molecular complexity index is 525. The Balaban J connectivity index is 1.63. The minimum absolute atomic E-state index is 0.275. The normalized spacial score (nSPS) is 30.4. The fourth-order valence-electron chi connectivity index (χ4n) is 3.62. The second kappa shape index (κ2) is 4.43. The molecule has 3 fully saturated rings. The molecule has 1 aromatic heterocycles. The number of aromatic nitrogens is 1. The Morgan fingerprint density at radius 2 is 2.00 bits per heavy atom. The number of rotatable bonds is 2. The van der Waals surface area contributed by atoms with Gasteiger partial charge in [0.25, 0.3) is 0 Å². The van der Waals surface area contributed by atoms with Gasteiger partial charge in [0.15, 0.2) is 0 Å². The quantitative estimate of drug-likeness (QED) is 0.785. The maximum Gasteiger partial charge on any atom is 0.233 e. The smallest absolute Gasteiger partial charge is 0.233 e. The molecule has 106 valence electrons. The Morgan fingerprint density at radius 3 is 2.55 bits per heavy atom. The summed E-state index contributed by atoms with van der Waals surface area (Å²) in [7, 11) is 0. The number of carbonyl (C=O) groups is 1. The van der Waals surface area contributed by atoms with Gasteiger partial charge in [-0.25, -0.2) is 4.98 Å². The van der Waals surface area contributed by atoms with Crippen molar-refractivity contribution in [3.63, 3.8) is 0 Å². The number of nitrogens with zero attached hydrogens (tertiary/aromatic N) is 2. The van der Waals surface area contributed by atoms with E-state index in [9.17, 15) is 4.79 Å². The third kappa shape index (κ3) is 1.78. The first-order valence-corrected chi connectivity index (χ1v) is 7.61. The van der Waals surface area contributed by atoms with Crippen molar-refractivity contribution >= 4 is 17.5 Å². The summed E-state index contributed by atoms with van der Waals surface area (Å²) in [6.45, 7) is 1.38. The number of hydrogen-bond donors (Lipinski definition) is 0. The molecule has 2 saturated heterocycles. The van der Waals surface area contributed by atoms with Gasteiger partial charge >= 0.3 is 0 Å². The molecule has 4 nitrogen and oxygen atoms in total. The number of fused-ring (bicyclic) bond motifs is 2. The highest BCUT2D eigenvalue weighted by molar-refractivity contribution is 6.29. The first-order chi connectivity index (χ1) is 9.71. The van der Waals surface area contributed by atoms with Crippen LogP contribution in [0.2, 0.25) is 5.15 Å². The average molecular weight is 293 g/mol. The molecule has 0 aromatic carbocycles. The number of halogens is 1. The third-order valence-corrected chi connectivity index (χ3v) is 5.14. The molecular weight excluding hydrogens is 276 g/mol. The molecule has 20 heavy (non-hydrogen) atoms. The number of ether oxygens (including phenoxy) is 1. The molecule has 5 heteroatoms. The van der Waals surface area contributed by atoms with Crippen molar-refractivity contribution in [2.24, 2.45) is 0 Å². The van der Waals surface area contributed by atoms with Gasteiger partial charge in [0.05, 0.1) is 30.7 Å². The molecule has 1 aliphatic carbocycles. The number of morpholine rings is 1. The van der Waals surface area contributed by atoms with Crippen LogP contribution in [0.25, 0.3) is 0 Å². The van der Waals surface area contributed by atoms with Gasteiger partial charge in [-0.15, -0.1) is 0 Å². The zero-order valence-corrected chi connectivity index (χ0v) is 12.0. The average Bonchev–Trinajstić information content (AvgIpc) is 3.22. The van der Waals surface area contributed by atoms with Crippen LogP contribution in [0.5, 0.6) is 0 Å². The lowest BCUT2D eigenvalue weighted by Crippen LogP contribution is -2.52. The summed E-state index contributed by atoms with van der Waals surface area (Å²) < 4.78 is 5.57. The summed E-state index contributed by atoms with van der Waals surface area (Å²) in [5.74, 6) is 0.275. The lowest BCUT2D eigenvalue weighted by molar-refractivity contribution is -0.143. The van der Waals surface area contributed by atoms with E-state index in [0.29, 0.717) is 18.4 Å². The molecule has 0 radical (unpaired) electrons. The maximum absolute atomic E-state index is 13.0. The largest absolute Gasteiger partial charge is 0.377 e. The molecular formula is C15H17ClN2O2. The molecule has 2 aliphatic heterocycles. The molecule has 2 bridgehead atoms. The van der Waals surface area contributed by atoms with E-state index in [4.69, 9.17) is 16.3 Å². The summed E-state index contributed by atoms with van der Waals surface area (Å²) >= 11 is 5.84. The van der Waals surface area contributed by atoms with Crippen molar-refractivity contribution in [1.29, 1.82) is 0 Å². The van der Waals surface area contributed by atoms with E-state index < -0.39 is 0 Å². The Hall–Kier alpha value is -1.13. The molecule has 1 amide bonds. The zero-order chi connectivity index (χ0) is 13.7.